The summed E-state index contributed by atoms with van der Waals surface area (Å²) in [6.07, 6.45) is 2.00. The smallest absolute Gasteiger partial charge is 0.319 e. The molecule has 0 saturated heterocycles. The Bertz CT molecular complexity index is 609. The zero-order valence-corrected chi connectivity index (χ0v) is 10.2. The second-order valence-corrected chi connectivity index (χ2v) is 5.12. The third-order valence-electron chi connectivity index (χ3n) is 3.82. The lowest BCUT2D eigenvalue weighted by Gasteiger charge is -2.22. The van der Waals surface area contributed by atoms with Crippen LogP contribution in [0.15, 0.2) is 24.5 Å². The lowest BCUT2D eigenvalue weighted by Crippen LogP contribution is -2.35. The van der Waals surface area contributed by atoms with E-state index in [0.717, 1.165) is 31.7 Å². The van der Waals surface area contributed by atoms with E-state index in [9.17, 15) is 13.2 Å². The standard InChI is InChI=1S/C13H14F3N3/c14-13(15,16)9-4-3-7-19-10(9)8-18-11(19)12(17)5-1-2-6-12/h3-4,7-8H,1-2,5-6,17H2. The summed E-state index contributed by atoms with van der Waals surface area (Å²) in [5.74, 6) is 0.533. The van der Waals surface area contributed by atoms with Gasteiger partial charge in [-0.25, -0.2) is 4.98 Å². The first-order chi connectivity index (χ1) is 8.92. The number of nitrogens with two attached hydrogens (primary N) is 1. The highest BCUT2D eigenvalue weighted by atomic mass is 19.4. The van der Waals surface area contributed by atoms with E-state index in [0.29, 0.717) is 5.82 Å². The van der Waals surface area contributed by atoms with Gasteiger partial charge in [0.1, 0.15) is 5.82 Å². The topological polar surface area (TPSA) is 43.3 Å². The molecule has 1 saturated carbocycles. The third-order valence-corrected chi connectivity index (χ3v) is 3.82. The van der Waals surface area contributed by atoms with Crippen molar-refractivity contribution >= 4 is 5.52 Å². The monoisotopic (exact) mass is 269 g/mol. The summed E-state index contributed by atoms with van der Waals surface area (Å²) < 4.78 is 40.3. The molecule has 3 nitrogen and oxygen atoms in total. The highest BCUT2D eigenvalue weighted by Crippen LogP contribution is 2.38. The van der Waals surface area contributed by atoms with Gasteiger partial charge in [-0.05, 0) is 25.0 Å². The van der Waals surface area contributed by atoms with Crippen molar-refractivity contribution in [3.8, 4) is 0 Å². The number of fused-ring (bicyclic) bond motifs is 1. The van der Waals surface area contributed by atoms with Gasteiger partial charge in [0.2, 0.25) is 0 Å². The minimum Gasteiger partial charge on any atom is -0.319 e. The number of halogens is 3. The molecule has 0 aliphatic heterocycles. The van der Waals surface area contributed by atoms with Crippen LogP contribution in [0.3, 0.4) is 0 Å². The molecule has 2 N–H and O–H groups in total. The molecular formula is C13H14F3N3. The van der Waals surface area contributed by atoms with E-state index in [4.69, 9.17) is 5.73 Å². The van der Waals surface area contributed by atoms with Crippen molar-refractivity contribution in [2.24, 2.45) is 5.73 Å². The van der Waals surface area contributed by atoms with Crippen LogP contribution in [0.5, 0.6) is 0 Å². The van der Waals surface area contributed by atoms with E-state index in [-0.39, 0.29) is 5.52 Å². The second-order valence-electron chi connectivity index (χ2n) is 5.12. The number of nitrogens with zero attached hydrogens (tertiary/aromatic N) is 2. The fourth-order valence-corrected chi connectivity index (χ4v) is 2.86. The van der Waals surface area contributed by atoms with Gasteiger partial charge >= 0.3 is 6.18 Å². The first-order valence-electron chi connectivity index (χ1n) is 6.24. The van der Waals surface area contributed by atoms with Crippen LogP contribution in [0.4, 0.5) is 13.2 Å². The first-order valence-corrected chi connectivity index (χ1v) is 6.24. The normalized spacial score (nSPS) is 19.2. The van der Waals surface area contributed by atoms with Crippen molar-refractivity contribution < 1.29 is 13.2 Å². The number of alkyl halides is 3. The number of hydrogen-bond acceptors (Lipinski definition) is 2. The second kappa shape index (κ2) is 3.96. The minimum absolute atomic E-state index is 0.0710. The van der Waals surface area contributed by atoms with Gasteiger partial charge in [0, 0.05) is 6.20 Å². The molecule has 2 aromatic heterocycles. The van der Waals surface area contributed by atoms with Crippen LogP contribution in [0.25, 0.3) is 5.52 Å². The van der Waals surface area contributed by atoms with Crippen molar-refractivity contribution in [3.63, 3.8) is 0 Å². The maximum Gasteiger partial charge on any atom is 0.418 e. The molecular weight excluding hydrogens is 255 g/mol. The Morgan fingerprint density at radius 3 is 2.58 bits per heavy atom. The quantitative estimate of drug-likeness (QED) is 0.864. The third kappa shape index (κ3) is 1.90. The average molecular weight is 269 g/mol. The molecule has 0 radical (unpaired) electrons. The Hall–Kier alpha value is -1.56. The number of hydrogen-bond donors (Lipinski definition) is 1. The summed E-state index contributed by atoms with van der Waals surface area (Å²) in [5, 5.41) is 0. The SMILES string of the molecule is NC1(c2ncc3c(C(F)(F)F)cccn23)CCCC1. The molecule has 1 fully saturated rings. The number of aromatic nitrogens is 2. The Morgan fingerprint density at radius 2 is 1.95 bits per heavy atom. The summed E-state index contributed by atoms with van der Waals surface area (Å²) in [6, 6.07) is 2.46. The van der Waals surface area contributed by atoms with Crippen LogP contribution in [0, 0.1) is 0 Å². The molecule has 1 aliphatic carbocycles. The molecule has 0 unspecified atom stereocenters. The van der Waals surface area contributed by atoms with Gasteiger partial charge in [0.25, 0.3) is 0 Å². The van der Waals surface area contributed by atoms with Gasteiger partial charge in [-0.2, -0.15) is 13.2 Å². The maximum absolute atomic E-state index is 12.9. The lowest BCUT2D eigenvalue weighted by atomic mass is 9.98. The Morgan fingerprint density at radius 1 is 1.26 bits per heavy atom. The lowest BCUT2D eigenvalue weighted by molar-refractivity contribution is -0.136. The van der Waals surface area contributed by atoms with Crippen LogP contribution in [-0.4, -0.2) is 9.38 Å². The molecule has 1 aliphatic rings. The summed E-state index contributed by atoms with van der Waals surface area (Å²) in [5.41, 5.74) is 5.08. The Balaban J connectivity index is 2.20. The molecule has 0 amide bonds. The van der Waals surface area contributed by atoms with Crippen LogP contribution < -0.4 is 5.73 Å². The van der Waals surface area contributed by atoms with Crippen LogP contribution >= 0.6 is 0 Å². The number of pyridine rings is 1. The van der Waals surface area contributed by atoms with E-state index < -0.39 is 17.3 Å². The van der Waals surface area contributed by atoms with Gasteiger partial charge in [0.15, 0.2) is 0 Å². The molecule has 0 aromatic carbocycles. The van der Waals surface area contributed by atoms with E-state index in [1.807, 2.05) is 0 Å². The summed E-state index contributed by atoms with van der Waals surface area (Å²) in [4.78, 5) is 4.16. The van der Waals surface area contributed by atoms with Crippen molar-refractivity contribution in [3.05, 3.63) is 35.9 Å². The van der Waals surface area contributed by atoms with Gasteiger partial charge in [0.05, 0.1) is 22.8 Å². The molecule has 102 valence electrons. The molecule has 3 rings (SSSR count). The van der Waals surface area contributed by atoms with Gasteiger partial charge in [-0.3, -0.25) is 0 Å². The van der Waals surface area contributed by atoms with Crippen LogP contribution in [0.2, 0.25) is 0 Å². The van der Waals surface area contributed by atoms with Crippen LogP contribution in [0.1, 0.15) is 37.1 Å². The van der Waals surface area contributed by atoms with E-state index in [2.05, 4.69) is 4.98 Å². The molecule has 0 bridgehead atoms. The summed E-state index contributed by atoms with van der Waals surface area (Å²) >= 11 is 0. The van der Waals surface area contributed by atoms with E-state index in [1.165, 1.54) is 16.7 Å². The first kappa shape index (κ1) is 12.5. The predicted octanol–water partition coefficient (Wildman–Crippen LogP) is 3.08. The molecule has 19 heavy (non-hydrogen) atoms. The molecule has 0 spiro atoms. The highest BCUT2D eigenvalue weighted by Gasteiger charge is 2.37. The summed E-state index contributed by atoms with van der Waals surface area (Å²) in [6.45, 7) is 0. The fourth-order valence-electron chi connectivity index (χ4n) is 2.86. The minimum atomic E-state index is -4.38. The largest absolute Gasteiger partial charge is 0.418 e. The maximum atomic E-state index is 12.9. The molecule has 2 aromatic rings. The van der Waals surface area contributed by atoms with E-state index >= 15 is 0 Å². The number of rotatable bonds is 1. The van der Waals surface area contributed by atoms with Gasteiger partial charge < -0.3 is 10.1 Å². The van der Waals surface area contributed by atoms with Crippen molar-refractivity contribution in [1.82, 2.24) is 9.38 Å². The predicted molar refractivity (Wildman–Crippen MR) is 64.5 cm³/mol. The Labute approximate surface area is 108 Å². The zero-order valence-electron chi connectivity index (χ0n) is 10.2. The number of imidazole rings is 1. The van der Waals surface area contributed by atoms with Gasteiger partial charge in [-0.1, -0.05) is 12.8 Å². The molecule has 6 heteroatoms. The molecule has 2 heterocycles. The molecule has 0 atom stereocenters. The van der Waals surface area contributed by atoms with Crippen molar-refractivity contribution in [2.45, 2.75) is 37.4 Å². The zero-order chi connectivity index (χ0) is 13.7. The Kier molecular flexibility index (Phi) is 2.60. The van der Waals surface area contributed by atoms with E-state index in [1.54, 1.807) is 6.20 Å². The van der Waals surface area contributed by atoms with Crippen molar-refractivity contribution in [1.29, 1.82) is 0 Å². The average Bonchev–Trinajstić information content (AvgIpc) is 2.93. The fraction of sp³-hybridized carbons (Fsp3) is 0.462. The van der Waals surface area contributed by atoms with Gasteiger partial charge in [-0.15, -0.1) is 0 Å². The highest BCUT2D eigenvalue weighted by molar-refractivity contribution is 5.56. The summed E-state index contributed by atoms with van der Waals surface area (Å²) in [7, 11) is 0. The van der Waals surface area contributed by atoms with Crippen LogP contribution in [-0.2, 0) is 11.7 Å². The van der Waals surface area contributed by atoms with Crippen molar-refractivity contribution in [2.75, 3.05) is 0 Å².